The topological polar surface area (TPSA) is 93.5 Å². The molecule has 128 valence electrons. The van der Waals surface area contributed by atoms with Gasteiger partial charge in [-0.3, -0.25) is 9.80 Å². The molecule has 3 heterocycles. The number of methoxy groups -OCH3 is 1. The number of aromatic nitrogens is 3. The maximum absolute atomic E-state index is 5.66. The van der Waals surface area contributed by atoms with Crippen LogP contribution in [0.2, 0.25) is 0 Å². The van der Waals surface area contributed by atoms with Gasteiger partial charge in [0, 0.05) is 50.9 Å². The Morgan fingerprint density at radius 1 is 1.26 bits per heavy atom. The van der Waals surface area contributed by atoms with Gasteiger partial charge in [-0.1, -0.05) is 5.16 Å². The van der Waals surface area contributed by atoms with Crippen molar-refractivity contribution in [3.05, 3.63) is 22.8 Å². The van der Waals surface area contributed by atoms with Gasteiger partial charge in [0.1, 0.15) is 6.61 Å². The molecule has 0 unspecified atom stereocenters. The Morgan fingerprint density at radius 3 is 2.57 bits per heavy atom. The highest BCUT2D eigenvalue weighted by atomic mass is 35.5. The first-order chi connectivity index (χ1) is 10.7. The number of nitrogens with two attached hydrogens (primary N) is 1. The molecule has 0 aromatic carbocycles. The third-order valence-electron chi connectivity index (χ3n) is 3.56. The molecule has 0 bridgehead atoms. The molecular weight excluding hydrogens is 340 g/mol. The van der Waals surface area contributed by atoms with Crippen molar-refractivity contribution in [1.82, 2.24) is 24.9 Å². The number of rotatable bonds is 6. The summed E-state index contributed by atoms with van der Waals surface area (Å²) in [7, 11) is 1.62. The van der Waals surface area contributed by atoms with Crippen molar-refractivity contribution in [2.24, 2.45) is 0 Å². The predicted octanol–water partition coefficient (Wildman–Crippen LogP) is 0.994. The molecule has 2 aromatic rings. The first kappa shape index (κ1) is 18.1. The highest BCUT2D eigenvalue weighted by molar-refractivity contribution is 7.15. The Kier molecular flexibility index (Phi) is 6.72. The van der Waals surface area contributed by atoms with Crippen LogP contribution >= 0.6 is 23.7 Å². The first-order valence-corrected chi connectivity index (χ1v) is 8.00. The number of thiazole rings is 1. The Balaban J connectivity index is 0.00000192. The second kappa shape index (κ2) is 8.55. The van der Waals surface area contributed by atoms with E-state index in [2.05, 4.69) is 24.9 Å². The highest BCUT2D eigenvalue weighted by Crippen LogP contribution is 2.17. The van der Waals surface area contributed by atoms with Gasteiger partial charge in [-0.2, -0.15) is 4.98 Å². The summed E-state index contributed by atoms with van der Waals surface area (Å²) >= 11 is 1.56. The van der Waals surface area contributed by atoms with E-state index < -0.39 is 0 Å². The van der Waals surface area contributed by atoms with Crippen LogP contribution in [0.1, 0.15) is 16.6 Å². The third kappa shape index (κ3) is 5.11. The number of nitrogens with zero attached hydrogens (tertiary/aromatic N) is 5. The third-order valence-corrected chi connectivity index (χ3v) is 4.37. The lowest BCUT2D eigenvalue weighted by atomic mass is 10.3. The quantitative estimate of drug-likeness (QED) is 0.815. The standard InChI is InChI=1S/C13H20N6O2S.ClH/c1-20-9-11-16-12(21-17-11)8-19-4-2-18(3-5-19)7-10-6-15-13(14)22-10;/h6H,2-5,7-9H2,1H3,(H2,14,15);1H. The van der Waals surface area contributed by atoms with Crippen LogP contribution < -0.4 is 5.73 Å². The van der Waals surface area contributed by atoms with Gasteiger partial charge in [-0.25, -0.2) is 4.98 Å². The summed E-state index contributed by atoms with van der Waals surface area (Å²) in [5.41, 5.74) is 5.66. The number of ether oxygens (including phenoxy) is 1. The lowest BCUT2D eigenvalue weighted by Gasteiger charge is -2.33. The van der Waals surface area contributed by atoms with Crippen molar-refractivity contribution in [2.75, 3.05) is 39.0 Å². The monoisotopic (exact) mass is 360 g/mol. The predicted molar refractivity (Wildman–Crippen MR) is 89.3 cm³/mol. The molecule has 1 saturated heterocycles. The summed E-state index contributed by atoms with van der Waals surface area (Å²) in [6, 6.07) is 0. The van der Waals surface area contributed by atoms with E-state index in [1.165, 1.54) is 4.88 Å². The summed E-state index contributed by atoms with van der Waals surface area (Å²) in [4.78, 5) is 14.3. The normalized spacial score (nSPS) is 16.4. The minimum Gasteiger partial charge on any atom is -0.377 e. The molecule has 0 spiro atoms. The van der Waals surface area contributed by atoms with E-state index in [1.54, 1.807) is 18.4 Å². The number of halogens is 1. The molecule has 0 amide bonds. The molecule has 2 aromatic heterocycles. The van der Waals surface area contributed by atoms with Crippen LogP contribution in [-0.2, 0) is 24.4 Å². The van der Waals surface area contributed by atoms with Crippen LogP contribution in [0.25, 0.3) is 0 Å². The van der Waals surface area contributed by atoms with Crippen molar-refractivity contribution < 1.29 is 9.26 Å². The van der Waals surface area contributed by atoms with E-state index >= 15 is 0 Å². The van der Waals surface area contributed by atoms with Crippen molar-refractivity contribution in [2.45, 2.75) is 19.7 Å². The molecule has 0 atom stereocenters. The molecule has 1 fully saturated rings. The lowest BCUT2D eigenvalue weighted by Crippen LogP contribution is -2.45. The first-order valence-electron chi connectivity index (χ1n) is 7.18. The lowest BCUT2D eigenvalue weighted by molar-refractivity contribution is 0.113. The summed E-state index contributed by atoms with van der Waals surface area (Å²) < 4.78 is 10.2. The fourth-order valence-corrected chi connectivity index (χ4v) is 3.18. The van der Waals surface area contributed by atoms with Crippen LogP contribution in [0.3, 0.4) is 0 Å². The van der Waals surface area contributed by atoms with Gasteiger partial charge in [-0.05, 0) is 0 Å². The second-order valence-corrected chi connectivity index (χ2v) is 6.40. The number of nitrogen functional groups attached to an aromatic ring is 1. The number of hydrogen-bond acceptors (Lipinski definition) is 9. The summed E-state index contributed by atoms with van der Waals surface area (Å²) in [5.74, 6) is 1.25. The van der Waals surface area contributed by atoms with Crippen LogP contribution in [0.5, 0.6) is 0 Å². The molecular formula is C13H21ClN6O2S. The molecule has 8 nitrogen and oxygen atoms in total. The Labute approximate surface area is 145 Å². The van der Waals surface area contributed by atoms with Crippen molar-refractivity contribution in [3.8, 4) is 0 Å². The maximum Gasteiger partial charge on any atom is 0.240 e. The zero-order valence-electron chi connectivity index (χ0n) is 13.0. The van der Waals surface area contributed by atoms with Gasteiger partial charge in [-0.15, -0.1) is 23.7 Å². The van der Waals surface area contributed by atoms with E-state index in [4.69, 9.17) is 15.0 Å². The summed E-state index contributed by atoms with van der Waals surface area (Å²) in [6.45, 7) is 5.98. The number of piperazine rings is 1. The van der Waals surface area contributed by atoms with E-state index in [9.17, 15) is 0 Å². The SMILES string of the molecule is COCc1noc(CN2CCN(Cc3cnc(N)s3)CC2)n1.Cl. The molecule has 0 radical (unpaired) electrons. The van der Waals surface area contributed by atoms with Gasteiger partial charge in [0.15, 0.2) is 11.0 Å². The van der Waals surface area contributed by atoms with Crippen molar-refractivity contribution in [3.63, 3.8) is 0 Å². The largest absolute Gasteiger partial charge is 0.377 e. The second-order valence-electron chi connectivity index (χ2n) is 5.25. The van der Waals surface area contributed by atoms with Gasteiger partial charge >= 0.3 is 0 Å². The van der Waals surface area contributed by atoms with E-state index in [1.807, 2.05) is 6.20 Å². The maximum atomic E-state index is 5.66. The van der Waals surface area contributed by atoms with Crippen LogP contribution in [0, 0.1) is 0 Å². The van der Waals surface area contributed by atoms with E-state index in [0.29, 0.717) is 30.0 Å². The minimum atomic E-state index is 0. The molecule has 10 heteroatoms. The van der Waals surface area contributed by atoms with Crippen LogP contribution in [-0.4, -0.2) is 58.2 Å². The fraction of sp³-hybridized carbons (Fsp3) is 0.615. The Bertz CT molecular complexity index is 599. The average Bonchev–Trinajstić information content (AvgIpc) is 3.11. The van der Waals surface area contributed by atoms with Gasteiger partial charge in [0.2, 0.25) is 5.89 Å². The molecule has 3 rings (SSSR count). The van der Waals surface area contributed by atoms with E-state index in [0.717, 1.165) is 32.7 Å². The fourth-order valence-electron chi connectivity index (χ4n) is 2.46. The average molecular weight is 361 g/mol. The van der Waals surface area contributed by atoms with Gasteiger partial charge in [0.25, 0.3) is 0 Å². The summed E-state index contributed by atoms with van der Waals surface area (Å²) in [5, 5.41) is 4.51. The number of hydrogen-bond donors (Lipinski definition) is 1. The van der Waals surface area contributed by atoms with Gasteiger partial charge in [0.05, 0.1) is 6.54 Å². The smallest absolute Gasteiger partial charge is 0.240 e. The Morgan fingerprint density at radius 2 is 1.96 bits per heavy atom. The van der Waals surface area contributed by atoms with E-state index in [-0.39, 0.29) is 12.4 Å². The van der Waals surface area contributed by atoms with Crippen molar-refractivity contribution in [1.29, 1.82) is 0 Å². The van der Waals surface area contributed by atoms with Crippen LogP contribution in [0.15, 0.2) is 10.7 Å². The molecule has 1 aliphatic heterocycles. The molecule has 1 aliphatic rings. The molecule has 23 heavy (non-hydrogen) atoms. The Hall–Kier alpha value is -1.26. The molecule has 2 N–H and O–H groups in total. The molecule has 0 saturated carbocycles. The zero-order chi connectivity index (χ0) is 15.4. The summed E-state index contributed by atoms with van der Waals surface area (Å²) in [6.07, 6.45) is 1.86. The van der Waals surface area contributed by atoms with Gasteiger partial charge < -0.3 is 15.0 Å². The minimum absolute atomic E-state index is 0. The number of anilines is 1. The highest BCUT2D eigenvalue weighted by Gasteiger charge is 2.19. The molecule has 0 aliphatic carbocycles. The van der Waals surface area contributed by atoms with Crippen LogP contribution in [0.4, 0.5) is 5.13 Å². The van der Waals surface area contributed by atoms with Crippen molar-refractivity contribution >= 4 is 28.9 Å². The zero-order valence-corrected chi connectivity index (χ0v) is 14.6.